The van der Waals surface area contributed by atoms with E-state index in [4.69, 9.17) is 6.42 Å². The first-order chi connectivity index (χ1) is 10.7. The van der Waals surface area contributed by atoms with Gasteiger partial charge in [0.05, 0.1) is 6.54 Å². The molecular formula is C14H21ClN8. The lowest BCUT2D eigenvalue weighted by atomic mass is 10.3. The predicted molar refractivity (Wildman–Crippen MR) is 97.6 cm³/mol. The van der Waals surface area contributed by atoms with Gasteiger partial charge in [-0.3, -0.25) is 0 Å². The summed E-state index contributed by atoms with van der Waals surface area (Å²) in [4.78, 5) is 17.7. The molecule has 0 radical (unpaired) electrons. The summed E-state index contributed by atoms with van der Waals surface area (Å²) in [7, 11) is 3.52. The normalized spacial score (nSPS) is 9.65. The predicted octanol–water partition coefficient (Wildman–Crippen LogP) is 1.79. The molecule has 4 N–H and O–H groups in total. The molecule has 0 aliphatic carbocycles. The molecule has 0 saturated heterocycles. The van der Waals surface area contributed by atoms with Gasteiger partial charge in [0.2, 0.25) is 11.9 Å². The number of anilines is 4. The summed E-state index contributed by atoms with van der Waals surface area (Å²) in [5.41, 5.74) is 1.26. The SMILES string of the molecule is C#CCNc1nc(NC)nc2c(NCCC)nc(NC)nc12.Cl. The minimum atomic E-state index is 0. The number of nitrogens with zero attached hydrogens (tertiary/aromatic N) is 4. The number of rotatable bonds is 7. The van der Waals surface area contributed by atoms with Crippen LogP contribution in [0.2, 0.25) is 0 Å². The molecule has 0 amide bonds. The molecular weight excluding hydrogens is 316 g/mol. The Balaban J connectivity index is 0.00000264. The third kappa shape index (κ3) is 4.23. The summed E-state index contributed by atoms with van der Waals surface area (Å²) < 4.78 is 0. The van der Waals surface area contributed by atoms with Crippen molar-refractivity contribution < 1.29 is 0 Å². The van der Waals surface area contributed by atoms with E-state index in [2.05, 4.69) is 54.0 Å². The summed E-state index contributed by atoms with van der Waals surface area (Å²) in [5.74, 6) is 4.74. The highest BCUT2D eigenvalue weighted by molar-refractivity contribution is 5.94. The van der Waals surface area contributed by atoms with Gasteiger partial charge in [0.1, 0.15) is 11.0 Å². The van der Waals surface area contributed by atoms with Crippen LogP contribution in [-0.2, 0) is 0 Å². The van der Waals surface area contributed by atoms with Crippen molar-refractivity contribution in [2.45, 2.75) is 13.3 Å². The zero-order valence-corrected chi connectivity index (χ0v) is 14.2. The number of aromatic nitrogens is 4. The molecule has 0 fully saturated rings. The first-order valence-corrected chi connectivity index (χ1v) is 7.10. The fraction of sp³-hybridized carbons (Fsp3) is 0.429. The van der Waals surface area contributed by atoms with E-state index >= 15 is 0 Å². The number of hydrogen-bond donors (Lipinski definition) is 4. The Labute approximate surface area is 141 Å². The minimum Gasteiger partial charge on any atom is -0.368 e. The average Bonchev–Trinajstić information content (AvgIpc) is 2.56. The first-order valence-electron chi connectivity index (χ1n) is 7.10. The quantitative estimate of drug-likeness (QED) is 0.568. The topological polar surface area (TPSA) is 99.7 Å². The summed E-state index contributed by atoms with van der Waals surface area (Å²) in [6.45, 7) is 3.23. The lowest BCUT2D eigenvalue weighted by Gasteiger charge is -2.13. The summed E-state index contributed by atoms with van der Waals surface area (Å²) >= 11 is 0. The number of hydrogen-bond acceptors (Lipinski definition) is 8. The van der Waals surface area contributed by atoms with E-state index in [0.29, 0.717) is 41.1 Å². The summed E-state index contributed by atoms with van der Waals surface area (Å²) in [6, 6.07) is 0. The van der Waals surface area contributed by atoms with E-state index in [-0.39, 0.29) is 12.4 Å². The molecule has 0 aromatic carbocycles. The van der Waals surface area contributed by atoms with E-state index in [0.717, 1.165) is 13.0 Å². The maximum Gasteiger partial charge on any atom is 0.225 e. The van der Waals surface area contributed by atoms with Crippen LogP contribution in [0.15, 0.2) is 0 Å². The molecule has 0 unspecified atom stereocenters. The Morgan fingerprint density at radius 2 is 1.43 bits per heavy atom. The maximum atomic E-state index is 5.31. The maximum absolute atomic E-state index is 5.31. The van der Waals surface area contributed by atoms with Gasteiger partial charge in [-0.25, -0.2) is 9.97 Å². The van der Waals surface area contributed by atoms with E-state index in [1.54, 1.807) is 14.1 Å². The highest BCUT2D eigenvalue weighted by atomic mass is 35.5. The molecule has 0 saturated carbocycles. The Bertz CT molecular complexity index is 697. The molecule has 0 atom stereocenters. The zero-order chi connectivity index (χ0) is 15.9. The lowest BCUT2D eigenvalue weighted by Crippen LogP contribution is -2.11. The number of fused-ring (bicyclic) bond motifs is 1. The van der Waals surface area contributed by atoms with Crippen molar-refractivity contribution in [3.8, 4) is 12.3 Å². The zero-order valence-electron chi connectivity index (χ0n) is 13.4. The van der Waals surface area contributed by atoms with Gasteiger partial charge in [0, 0.05) is 20.6 Å². The van der Waals surface area contributed by atoms with Gasteiger partial charge in [0.15, 0.2) is 11.6 Å². The van der Waals surface area contributed by atoms with Gasteiger partial charge in [-0.15, -0.1) is 18.8 Å². The van der Waals surface area contributed by atoms with Crippen LogP contribution in [0.4, 0.5) is 23.5 Å². The Hall–Kier alpha value is -2.53. The molecule has 124 valence electrons. The molecule has 8 nitrogen and oxygen atoms in total. The van der Waals surface area contributed by atoms with Crippen LogP contribution in [0.1, 0.15) is 13.3 Å². The molecule has 2 aromatic heterocycles. The van der Waals surface area contributed by atoms with Crippen LogP contribution in [0.25, 0.3) is 11.0 Å². The summed E-state index contributed by atoms with van der Waals surface area (Å²) in [5, 5.41) is 12.2. The molecule has 9 heteroatoms. The van der Waals surface area contributed by atoms with Crippen molar-refractivity contribution in [2.75, 3.05) is 48.5 Å². The van der Waals surface area contributed by atoms with Crippen molar-refractivity contribution >= 4 is 47.0 Å². The smallest absolute Gasteiger partial charge is 0.225 e. The number of halogens is 1. The number of terminal acetylenes is 1. The molecule has 0 bridgehead atoms. The van der Waals surface area contributed by atoms with Gasteiger partial charge in [-0.05, 0) is 6.42 Å². The van der Waals surface area contributed by atoms with Gasteiger partial charge >= 0.3 is 0 Å². The van der Waals surface area contributed by atoms with Gasteiger partial charge in [-0.1, -0.05) is 12.8 Å². The Kier molecular flexibility index (Phi) is 7.09. The van der Waals surface area contributed by atoms with Crippen LogP contribution in [0, 0.1) is 12.3 Å². The van der Waals surface area contributed by atoms with Crippen LogP contribution < -0.4 is 21.3 Å². The van der Waals surface area contributed by atoms with Crippen molar-refractivity contribution in [1.29, 1.82) is 0 Å². The highest BCUT2D eigenvalue weighted by Crippen LogP contribution is 2.26. The first kappa shape index (κ1) is 18.5. The van der Waals surface area contributed by atoms with Crippen molar-refractivity contribution in [1.82, 2.24) is 19.9 Å². The number of nitrogens with one attached hydrogen (secondary N) is 4. The van der Waals surface area contributed by atoms with Crippen molar-refractivity contribution in [3.63, 3.8) is 0 Å². The van der Waals surface area contributed by atoms with Crippen LogP contribution in [0.5, 0.6) is 0 Å². The van der Waals surface area contributed by atoms with Gasteiger partial charge < -0.3 is 21.3 Å². The van der Waals surface area contributed by atoms with Crippen LogP contribution >= 0.6 is 12.4 Å². The summed E-state index contributed by atoms with van der Waals surface area (Å²) in [6.07, 6.45) is 6.29. The molecule has 2 heterocycles. The minimum absolute atomic E-state index is 0. The van der Waals surface area contributed by atoms with E-state index < -0.39 is 0 Å². The molecule has 0 aliphatic rings. The van der Waals surface area contributed by atoms with Crippen molar-refractivity contribution in [2.24, 2.45) is 0 Å². The second-order valence-corrected chi connectivity index (χ2v) is 4.47. The molecule has 0 aliphatic heterocycles. The Morgan fingerprint density at radius 3 is 1.87 bits per heavy atom. The standard InChI is InChI=1S/C14H20N8.ClH/c1-5-7-17-11-9-10(20-13(15-3)21-11)12(18-8-6-2)22-14(16-4)19-9;/h1H,6-8H2,2-4H3,(H2,15,17,20,21)(H2,16,18,19,22);1H. The van der Waals surface area contributed by atoms with Crippen molar-refractivity contribution in [3.05, 3.63) is 0 Å². The van der Waals surface area contributed by atoms with E-state index in [1.807, 2.05) is 0 Å². The van der Waals surface area contributed by atoms with Crippen LogP contribution in [-0.4, -0.2) is 47.1 Å². The lowest BCUT2D eigenvalue weighted by molar-refractivity contribution is 0.967. The van der Waals surface area contributed by atoms with Crippen LogP contribution in [0.3, 0.4) is 0 Å². The monoisotopic (exact) mass is 336 g/mol. The fourth-order valence-corrected chi connectivity index (χ4v) is 1.86. The molecule has 2 rings (SSSR count). The second-order valence-electron chi connectivity index (χ2n) is 4.47. The second kappa shape index (κ2) is 8.80. The largest absolute Gasteiger partial charge is 0.368 e. The third-order valence-corrected chi connectivity index (χ3v) is 2.89. The van der Waals surface area contributed by atoms with E-state index in [1.165, 1.54) is 0 Å². The molecule has 0 spiro atoms. The third-order valence-electron chi connectivity index (χ3n) is 2.89. The van der Waals surface area contributed by atoms with Gasteiger partial charge in [0.25, 0.3) is 0 Å². The highest BCUT2D eigenvalue weighted by Gasteiger charge is 2.14. The average molecular weight is 337 g/mol. The Morgan fingerprint density at radius 1 is 0.913 bits per heavy atom. The molecule has 2 aromatic rings. The van der Waals surface area contributed by atoms with E-state index in [9.17, 15) is 0 Å². The fourth-order valence-electron chi connectivity index (χ4n) is 1.86. The van der Waals surface area contributed by atoms with Gasteiger partial charge in [-0.2, -0.15) is 9.97 Å². The molecule has 23 heavy (non-hydrogen) atoms.